The maximum atomic E-state index is 13.1. The SMILES string of the molecule is Br.CC[C@@H]1C(=O)N(C)c2cnc(Nc3ccc(C(=O)NC4CCN(C)CC4)cc3O)nc2N1C1CCCC1. The Morgan fingerprint density at radius 1 is 1.13 bits per heavy atom. The van der Waals surface area contributed by atoms with E-state index < -0.39 is 0 Å². The van der Waals surface area contributed by atoms with Crippen molar-refractivity contribution in [2.45, 2.75) is 70.0 Å². The Bertz CT molecular complexity index is 1170. The van der Waals surface area contributed by atoms with Crippen LogP contribution in [0.4, 0.5) is 23.1 Å². The molecule has 3 heterocycles. The van der Waals surface area contributed by atoms with Crippen LogP contribution in [0.1, 0.15) is 62.2 Å². The molecule has 2 fully saturated rings. The number of hydrogen-bond donors (Lipinski definition) is 3. The number of carbonyl (C=O) groups excluding carboxylic acids is 2. The summed E-state index contributed by atoms with van der Waals surface area (Å²) in [5.74, 6) is 0.902. The highest BCUT2D eigenvalue weighted by atomic mass is 79.9. The number of phenols is 1. The third-order valence-corrected chi connectivity index (χ3v) is 7.97. The number of likely N-dealkylation sites (tertiary alicyclic amines) is 1. The standard InChI is InChI=1S/C27H37N7O3.BrH/c1-4-21-26(37)33(3)22-16-28-27(31-24(22)34(21)19-7-5-6-8-19)30-20-10-9-17(15-23(20)35)25(36)29-18-11-13-32(2)14-12-18;/h9-10,15-16,18-19,21,35H,4-8,11-14H2,1-3H3,(H,29,36)(H,28,30,31);1H/t21-;/m1./s1. The number of carbonyl (C=O) groups is 2. The van der Waals surface area contributed by atoms with Crippen molar-refractivity contribution in [2.24, 2.45) is 0 Å². The minimum absolute atomic E-state index is 0. The molecule has 2 aromatic rings. The lowest BCUT2D eigenvalue weighted by molar-refractivity contribution is -0.120. The average molecular weight is 589 g/mol. The molecule has 0 bridgehead atoms. The Morgan fingerprint density at radius 3 is 2.50 bits per heavy atom. The first-order chi connectivity index (χ1) is 17.9. The van der Waals surface area contributed by atoms with Gasteiger partial charge in [-0.25, -0.2) is 4.98 Å². The summed E-state index contributed by atoms with van der Waals surface area (Å²) in [5, 5.41) is 16.9. The Morgan fingerprint density at radius 2 is 1.84 bits per heavy atom. The molecule has 3 aliphatic rings. The highest BCUT2D eigenvalue weighted by Crippen LogP contribution is 2.40. The number of anilines is 4. The number of nitrogens with one attached hydrogen (secondary N) is 2. The van der Waals surface area contributed by atoms with Crippen molar-refractivity contribution >= 4 is 51.9 Å². The van der Waals surface area contributed by atoms with Crippen LogP contribution in [0.2, 0.25) is 0 Å². The van der Waals surface area contributed by atoms with Crippen molar-refractivity contribution in [3.05, 3.63) is 30.0 Å². The second kappa shape index (κ2) is 11.9. The molecular formula is C27H38BrN7O3. The molecule has 1 aliphatic carbocycles. The maximum Gasteiger partial charge on any atom is 0.251 e. The third kappa shape index (κ3) is 5.58. The van der Waals surface area contributed by atoms with E-state index in [9.17, 15) is 14.7 Å². The van der Waals surface area contributed by atoms with E-state index in [1.807, 2.05) is 6.92 Å². The molecule has 11 heteroatoms. The lowest BCUT2D eigenvalue weighted by Gasteiger charge is -2.43. The number of hydrogen-bond acceptors (Lipinski definition) is 8. The number of rotatable bonds is 6. The zero-order chi connectivity index (χ0) is 26.1. The monoisotopic (exact) mass is 587 g/mol. The summed E-state index contributed by atoms with van der Waals surface area (Å²) < 4.78 is 0. The van der Waals surface area contributed by atoms with Crippen LogP contribution >= 0.6 is 17.0 Å². The number of piperidine rings is 1. The number of halogens is 1. The first kappa shape index (κ1) is 28.1. The molecule has 2 amide bonds. The van der Waals surface area contributed by atoms with Gasteiger partial charge in [0.1, 0.15) is 17.5 Å². The molecule has 206 valence electrons. The van der Waals surface area contributed by atoms with Gasteiger partial charge >= 0.3 is 0 Å². The summed E-state index contributed by atoms with van der Waals surface area (Å²) >= 11 is 0. The van der Waals surface area contributed by atoms with Gasteiger partial charge in [-0.2, -0.15) is 4.98 Å². The molecule has 1 aromatic heterocycles. The van der Waals surface area contributed by atoms with E-state index in [2.05, 4.69) is 32.5 Å². The van der Waals surface area contributed by atoms with E-state index in [0.717, 1.165) is 57.4 Å². The molecule has 1 saturated heterocycles. The van der Waals surface area contributed by atoms with Crippen LogP contribution in [0.15, 0.2) is 24.4 Å². The summed E-state index contributed by atoms with van der Waals surface area (Å²) in [6, 6.07) is 5.00. The van der Waals surface area contributed by atoms with Crippen LogP contribution in [0, 0.1) is 0 Å². The van der Waals surface area contributed by atoms with Gasteiger partial charge in [-0.1, -0.05) is 19.8 Å². The number of fused-ring (bicyclic) bond motifs is 1. The second-order valence-corrected chi connectivity index (χ2v) is 10.5. The van der Waals surface area contributed by atoms with Crippen LogP contribution < -0.4 is 20.4 Å². The van der Waals surface area contributed by atoms with Gasteiger partial charge in [-0.15, -0.1) is 17.0 Å². The average Bonchev–Trinajstić information content (AvgIpc) is 3.43. The molecule has 1 saturated carbocycles. The number of likely N-dealkylation sites (N-methyl/N-ethyl adjacent to an activating group) is 1. The Balaban J connectivity index is 0.00000336. The van der Waals surface area contributed by atoms with E-state index in [1.165, 1.54) is 6.07 Å². The summed E-state index contributed by atoms with van der Waals surface area (Å²) in [6.07, 6.45) is 8.59. The number of phenolic OH excluding ortho intramolecular Hbond substituents is 1. The fourth-order valence-electron chi connectivity index (χ4n) is 5.76. The summed E-state index contributed by atoms with van der Waals surface area (Å²) in [6.45, 7) is 3.95. The minimum Gasteiger partial charge on any atom is -0.506 e. The highest BCUT2D eigenvalue weighted by molar-refractivity contribution is 8.93. The van der Waals surface area contributed by atoms with Gasteiger partial charge in [0.05, 0.1) is 11.9 Å². The molecule has 1 aromatic carbocycles. The van der Waals surface area contributed by atoms with E-state index in [1.54, 1.807) is 30.3 Å². The Labute approximate surface area is 234 Å². The Kier molecular flexibility index (Phi) is 8.77. The third-order valence-electron chi connectivity index (χ3n) is 7.97. The zero-order valence-corrected chi connectivity index (χ0v) is 24.0. The van der Waals surface area contributed by atoms with Gasteiger partial charge in [0.25, 0.3) is 5.91 Å². The topological polar surface area (TPSA) is 114 Å². The summed E-state index contributed by atoms with van der Waals surface area (Å²) in [7, 11) is 3.85. The Hall–Kier alpha value is -2.92. The van der Waals surface area contributed by atoms with Crippen molar-refractivity contribution in [1.82, 2.24) is 20.2 Å². The first-order valence-corrected chi connectivity index (χ1v) is 13.4. The molecule has 0 radical (unpaired) electrons. The van der Waals surface area contributed by atoms with Crippen molar-refractivity contribution < 1.29 is 14.7 Å². The van der Waals surface area contributed by atoms with Crippen molar-refractivity contribution in [1.29, 1.82) is 0 Å². The van der Waals surface area contributed by atoms with E-state index >= 15 is 0 Å². The summed E-state index contributed by atoms with van der Waals surface area (Å²) in [4.78, 5) is 41.1. The first-order valence-electron chi connectivity index (χ1n) is 13.4. The number of amides is 2. The van der Waals surface area contributed by atoms with Crippen molar-refractivity contribution in [3.8, 4) is 5.75 Å². The maximum absolute atomic E-state index is 13.1. The number of nitrogens with zero attached hydrogens (tertiary/aromatic N) is 5. The molecule has 10 nitrogen and oxygen atoms in total. The van der Waals surface area contributed by atoms with Crippen molar-refractivity contribution in [3.63, 3.8) is 0 Å². The quantitative estimate of drug-likeness (QED) is 0.437. The van der Waals surface area contributed by atoms with Gasteiger partial charge in [0, 0.05) is 24.7 Å². The number of aromatic nitrogens is 2. The van der Waals surface area contributed by atoms with E-state index in [0.29, 0.717) is 29.3 Å². The molecule has 3 N–H and O–H groups in total. The smallest absolute Gasteiger partial charge is 0.251 e. The van der Waals surface area contributed by atoms with Gasteiger partial charge < -0.3 is 30.4 Å². The van der Waals surface area contributed by atoms with Crippen LogP contribution in [-0.2, 0) is 4.79 Å². The molecule has 0 spiro atoms. The van der Waals surface area contributed by atoms with E-state index in [4.69, 9.17) is 4.98 Å². The van der Waals surface area contributed by atoms with Crippen LogP contribution in [0.25, 0.3) is 0 Å². The summed E-state index contributed by atoms with van der Waals surface area (Å²) in [5.41, 5.74) is 1.51. The molecule has 38 heavy (non-hydrogen) atoms. The fourth-order valence-corrected chi connectivity index (χ4v) is 5.76. The van der Waals surface area contributed by atoms with Crippen LogP contribution in [0.3, 0.4) is 0 Å². The van der Waals surface area contributed by atoms with Gasteiger partial charge in [-0.05, 0) is 70.4 Å². The number of benzene rings is 1. The van der Waals surface area contributed by atoms with Crippen LogP contribution in [-0.4, -0.2) is 77.1 Å². The predicted octanol–water partition coefficient (Wildman–Crippen LogP) is 3.83. The zero-order valence-electron chi connectivity index (χ0n) is 22.3. The van der Waals surface area contributed by atoms with Gasteiger partial charge in [0.2, 0.25) is 11.9 Å². The number of aromatic hydroxyl groups is 1. The molecule has 2 aliphatic heterocycles. The lowest BCUT2D eigenvalue weighted by atomic mass is 10.0. The minimum atomic E-state index is -0.251. The molecule has 0 unspecified atom stereocenters. The van der Waals surface area contributed by atoms with Crippen LogP contribution in [0.5, 0.6) is 5.75 Å². The lowest BCUT2D eigenvalue weighted by Crippen LogP contribution is -2.55. The van der Waals surface area contributed by atoms with Gasteiger partial charge in [-0.3, -0.25) is 9.59 Å². The molecule has 1 atom stereocenters. The fraction of sp³-hybridized carbons (Fsp3) is 0.556. The second-order valence-electron chi connectivity index (χ2n) is 10.5. The largest absolute Gasteiger partial charge is 0.506 e. The molecular weight excluding hydrogens is 550 g/mol. The van der Waals surface area contributed by atoms with E-state index in [-0.39, 0.29) is 52.7 Å². The molecule has 5 rings (SSSR count). The normalized spacial score (nSPS) is 20.7. The van der Waals surface area contributed by atoms with Crippen molar-refractivity contribution in [2.75, 3.05) is 42.3 Å². The van der Waals surface area contributed by atoms with Gasteiger partial charge in [0.15, 0.2) is 5.82 Å². The predicted molar refractivity (Wildman–Crippen MR) is 154 cm³/mol. The highest BCUT2D eigenvalue weighted by Gasteiger charge is 2.41.